The molecule has 1 aromatic heterocycles. The Labute approximate surface area is 158 Å². The number of esters is 3. The maximum absolute atomic E-state index is 12.3. The fourth-order valence-electron chi connectivity index (χ4n) is 2.69. The van der Waals surface area contributed by atoms with E-state index in [2.05, 4.69) is 5.92 Å². The predicted octanol–water partition coefficient (Wildman–Crippen LogP) is -1.16. The molecule has 1 fully saturated rings. The van der Waals surface area contributed by atoms with Crippen LogP contribution < -0.4 is 11.2 Å². The summed E-state index contributed by atoms with van der Waals surface area (Å²) in [6.45, 7) is 3.08. The molecule has 1 aromatic rings. The van der Waals surface area contributed by atoms with Crippen LogP contribution in [0.25, 0.3) is 0 Å². The van der Waals surface area contributed by atoms with E-state index >= 15 is 0 Å². The van der Waals surface area contributed by atoms with Gasteiger partial charge in [0.25, 0.3) is 5.56 Å². The Kier molecular flexibility index (Phi) is 6.37. The lowest BCUT2D eigenvalue weighted by atomic mass is 10.1. The van der Waals surface area contributed by atoms with Crippen molar-refractivity contribution in [3.63, 3.8) is 0 Å². The van der Waals surface area contributed by atoms with Crippen LogP contribution in [0.1, 0.15) is 32.6 Å². The molecular weight excluding hydrogens is 376 g/mol. The van der Waals surface area contributed by atoms with Gasteiger partial charge < -0.3 is 18.9 Å². The third kappa shape index (κ3) is 4.66. The average molecular weight is 394 g/mol. The van der Waals surface area contributed by atoms with Gasteiger partial charge in [-0.05, 0) is 0 Å². The molecule has 0 amide bonds. The van der Waals surface area contributed by atoms with Gasteiger partial charge in [0.15, 0.2) is 18.4 Å². The summed E-state index contributed by atoms with van der Waals surface area (Å²) in [6, 6.07) is 0. The Balaban J connectivity index is 2.51. The Bertz CT molecular complexity index is 939. The highest BCUT2D eigenvalue weighted by atomic mass is 16.7. The first-order chi connectivity index (χ1) is 13.1. The van der Waals surface area contributed by atoms with E-state index < -0.39 is 53.7 Å². The smallest absolute Gasteiger partial charge is 0.330 e. The van der Waals surface area contributed by atoms with Gasteiger partial charge in [-0.15, -0.1) is 6.42 Å². The zero-order valence-electron chi connectivity index (χ0n) is 15.3. The number of ether oxygens (including phenoxy) is 4. The molecule has 1 saturated heterocycles. The monoisotopic (exact) mass is 394 g/mol. The Hall–Kier alpha value is -3.39. The Morgan fingerprint density at radius 3 is 2.29 bits per heavy atom. The molecule has 0 bridgehead atoms. The molecule has 11 nitrogen and oxygen atoms in total. The van der Waals surface area contributed by atoms with E-state index in [1.54, 1.807) is 0 Å². The fourth-order valence-corrected chi connectivity index (χ4v) is 2.69. The normalized spacial score (nSPS) is 23.5. The first-order valence-corrected chi connectivity index (χ1v) is 8.09. The molecule has 150 valence electrons. The van der Waals surface area contributed by atoms with Crippen LogP contribution in [-0.4, -0.2) is 52.4 Å². The highest BCUT2D eigenvalue weighted by Crippen LogP contribution is 2.33. The van der Waals surface area contributed by atoms with Gasteiger partial charge in [-0.2, -0.15) is 0 Å². The second-order valence-corrected chi connectivity index (χ2v) is 5.87. The van der Waals surface area contributed by atoms with Crippen molar-refractivity contribution in [2.24, 2.45) is 0 Å². The van der Waals surface area contributed by atoms with Crippen LogP contribution in [0.4, 0.5) is 0 Å². The third-order valence-corrected chi connectivity index (χ3v) is 3.74. The maximum atomic E-state index is 12.3. The standard InChI is InChI=1S/C17H18N2O9/c1-5-11-6-19(17(24)18-15(11)23)16-14(27-10(4)22)13(26-9(3)21)12(28-16)7-25-8(2)20/h1,6,12-14,16H,7H2,2-4H3,(H,18,23,24)/t12-,13?,14?,16-/m1/s1. The van der Waals surface area contributed by atoms with Gasteiger partial charge in [0.2, 0.25) is 0 Å². The molecule has 1 aliphatic heterocycles. The number of carbonyl (C=O) groups is 3. The van der Waals surface area contributed by atoms with Crippen LogP contribution in [0, 0.1) is 12.3 Å². The number of H-pyrrole nitrogens is 1. The van der Waals surface area contributed by atoms with E-state index in [1.165, 1.54) is 6.92 Å². The minimum atomic E-state index is -1.30. The van der Waals surface area contributed by atoms with Gasteiger partial charge in [0.1, 0.15) is 18.3 Å². The van der Waals surface area contributed by atoms with Gasteiger partial charge in [-0.3, -0.25) is 28.7 Å². The number of terminal acetylenes is 1. The molecular formula is C17H18N2O9. The van der Waals surface area contributed by atoms with Gasteiger partial charge >= 0.3 is 23.6 Å². The number of aromatic amines is 1. The van der Waals surface area contributed by atoms with Crippen molar-refractivity contribution in [2.75, 3.05) is 6.61 Å². The lowest BCUT2D eigenvalue weighted by Crippen LogP contribution is -2.42. The second-order valence-electron chi connectivity index (χ2n) is 5.87. The fraction of sp³-hybridized carbons (Fsp3) is 0.471. The summed E-state index contributed by atoms with van der Waals surface area (Å²) in [5.74, 6) is 0.0498. The number of rotatable bonds is 5. The van der Waals surface area contributed by atoms with Crippen molar-refractivity contribution in [3.8, 4) is 12.3 Å². The first kappa shape index (κ1) is 20.9. The Morgan fingerprint density at radius 1 is 1.14 bits per heavy atom. The average Bonchev–Trinajstić information content (AvgIpc) is 2.89. The van der Waals surface area contributed by atoms with Crippen LogP contribution >= 0.6 is 0 Å². The minimum Gasteiger partial charge on any atom is -0.463 e. The molecule has 0 aliphatic carbocycles. The molecule has 28 heavy (non-hydrogen) atoms. The third-order valence-electron chi connectivity index (χ3n) is 3.74. The van der Waals surface area contributed by atoms with Gasteiger partial charge in [0.05, 0.1) is 0 Å². The molecule has 0 radical (unpaired) electrons. The van der Waals surface area contributed by atoms with Gasteiger partial charge in [-0.25, -0.2) is 4.79 Å². The molecule has 11 heteroatoms. The lowest BCUT2D eigenvalue weighted by molar-refractivity contribution is -0.166. The minimum absolute atomic E-state index is 0.169. The van der Waals surface area contributed by atoms with Crippen molar-refractivity contribution in [3.05, 3.63) is 32.6 Å². The molecule has 0 spiro atoms. The Morgan fingerprint density at radius 2 is 1.75 bits per heavy atom. The molecule has 0 aromatic carbocycles. The number of hydrogen-bond acceptors (Lipinski definition) is 9. The summed E-state index contributed by atoms with van der Waals surface area (Å²) < 4.78 is 21.9. The molecule has 4 atom stereocenters. The van der Waals surface area contributed by atoms with Crippen molar-refractivity contribution in [1.29, 1.82) is 0 Å². The summed E-state index contributed by atoms with van der Waals surface area (Å²) in [5, 5.41) is 0. The van der Waals surface area contributed by atoms with E-state index in [-0.39, 0.29) is 12.2 Å². The summed E-state index contributed by atoms with van der Waals surface area (Å²) >= 11 is 0. The summed E-state index contributed by atoms with van der Waals surface area (Å²) in [7, 11) is 0. The van der Waals surface area contributed by atoms with Crippen LogP contribution in [0.3, 0.4) is 0 Å². The summed E-state index contributed by atoms with van der Waals surface area (Å²) in [4.78, 5) is 60.2. The lowest BCUT2D eigenvalue weighted by Gasteiger charge is -2.23. The molecule has 2 unspecified atom stereocenters. The summed E-state index contributed by atoms with van der Waals surface area (Å²) in [6.07, 6.45) is 1.51. The summed E-state index contributed by atoms with van der Waals surface area (Å²) in [5.41, 5.74) is -1.84. The largest absolute Gasteiger partial charge is 0.463 e. The van der Waals surface area contributed by atoms with E-state index in [4.69, 9.17) is 25.4 Å². The van der Waals surface area contributed by atoms with Crippen molar-refractivity contribution >= 4 is 17.9 Å². The number of hydrogen-bond donors (Lipinski definition) is 1. The number of nitrogens with zero attached hydrogens (tertiary/aromatic N) is 1. The van der Waals surface area contributed by atoms with Crippen LogP contribution in [0.5, 0.6) is 0 Å². The van der Waals surface area contributed by atoms with E-state index in [1.807, 2.05) is 4.98 Å². The van der Waals surface area contributed by atoms with Crippen LogP contribution in [-0.2, 0) is 33.3 Å². The molecule has 2 heterocycles. The number of aromatic nitrogens is 2. The van der Waals surface area contributed by atoms with E-state index in [0.29, 0.717) is 0 Å². The van der Waals surface area contributed by atoms with E-state index in [0.717, 1.165) is 24.6 Å². The van der Waals surface area contributed by atoms with E-state index in [9.17, 15) is 24.0 Å². The first-order valence-electron chi connectivity index (χ1n) is 8.09. The van der Waals surface area contributed by atoms with Crippen molar-refractivity contribution in [1.82, 2.24) is 9.55 Å². The van der Waals surface area contributed by atoms with Gasteiger partial charge in [0, 0.05) is 27.0 Å². The maximum Gasteiger partial charge on any atom is 0.330 e. The SMILES string of the molecule is C#Cc1cn([C@@H]2O[C@H](COC(C)=O)C(OC(C)=O)C2OC(C)=O)c(=O)[nH]c1=O. The van der Waals surface area contributed by atoms with Crippen molar-refractivity contribution < 1.29 is 33.3 Å². The zero-order chi connectivity index (χ0) is 21.0. The molecule has 1 N–H and O–H groups in total. The van der Waals surface area contributed by atoms with Crippen LogP contribution in [0.2, 0.25) is 0 Å². The van der Waals surface area contributed by atoms with Gasteiger partial charge in [-0.1, -0.05) is 5.92 Å². The number of carbonyl (C=O) groups excluding carboxylic acids is 3. The predicted molar refractivity (Wildman–Crippen MR) is 90.9 cm³/mol. The molecule has 0 saturated carbocycles. The molecule has 2 rings (SSSR count). The second kappa shape index (κ2) is 8.53. The highest BCUT2D eigenvalue weighted by molar-refractivity contribution is 5.68. The zero-order valence-corrected chi connectivity index (χ0v) is 15.3. The topological polar surface area (TPSA) is 143 Å². The molecule has 1 aliphatic rings. The van der Waals surface area contributed by atoms with Crippen LogP contribution in [0.15, 0.2) is 15.8 Å². The van der Waals surface area contributed by atoms with Crippen molar-refractivity contribution in [2.45, 2.75) is 45.3 Å². The highest BCUT2D eigenvalue weighted by Gasteiger charge is 2.51. The quantitative estimate of drug-likeness (QED) is 0.372. The number of nitrogens with one attached hydrogen (secondary N) is 1.